The predicted octanol–water partition coefficient (Wildman–Crippen LogP) is 0.804. The Bertz CT molecular complexity index is 923. The van der Waals surface area contributed by atoms with Gasteiger partial charge in [0.2, 0.25) is 5.95 Å². The molecule has 0 atom stereocenters. The molecule has 0 aliphatic heterocycles. The number of hydrogen-bond acceptors (Lipinski definition) is 5. The van der Waals surface area contributed by atoms with E-state index in [0.29, 0.717) is 17.6 Å². The van der Waals surface area contributed by atoms with Gasteiger partial charge in [-0.05, 0) is 12.1 Å². The van der Waals surface area contributed by atoms with Crippen molar-refractivity contribution in [2.24, 2.45) is 7.05 Å². The van der Waals surface area contributed by atoms with Gasteiger partial charge in [0.05, 0.1) is 23.2 Å². The molecule has 0 unspecified atom stereocenters. The lowest BCUT2D eigenvalue weighted by atomic mass is 10.3. The molecule has 0 spiro atoms. The summed E-state index contributed by atoms with van der Waals surface area (Å²) in [6.07, 6.45) is 4.79. The number of aromatic nitrogens is 4. The van der Waals surface area contributed by atoms with Crippen LogP contribution in [0.3, 0.4) is 0 Å². The Balaban J connectivity index is 2.18. The zero-order valence-corrected chi connectivity index (χ0v) is 12.5. The van der Waals surface area contributed by atoms with Gasteiger partial charge in [-0.2, -0.15) is 5.10 Å². The Kier molecular flexibility index (Phi) is 2.98. The van der Waals surface area contributed by atoms with E-state index in [-0.39, 0.29) is 10.8 Å². The topological polar surface area (TPSA) is 95.8 Å². The second-order valence-electron chi connectivity index (χ2n) is 4.97. The Morgan fingerprint density at radius 3 is 2.71 bits per heavy atom. The van der Waals surface area contributed by atoms with Gasteiger partial charge in [-0.3, -0.25) is 4.68 Å². The number of imidazole rings is 1. The van der Waals surface area contributed by atoms with Crippen LogP contribution in [0.25, 0.3) is 11.0 Å². The smallest absolute Gasteiger partial charge is 0.201 e. The normalized spacial score (nSPS) is 12.1. The molecule has 0 aliphatic rings. The molecular formula is C13H15N5O2S. The lowest BCUT2D eigenvalue weighted by molar-refractivity contribution is 0.602. The summed E-state index contributed by atoms with van der Waals surface area (Å²) in [7, 11) is -1.52. The number of nitrogens with zero attached hydrogens (tertiary/aromatic N) is 4. The van der Waals surface area contributed by atoms with E-state index in [4.69, 9.17) is 5.73 Å². The van der Waals surface area contributed by atoms with Crippen LogP contribution in [-0.2, 0) is 23.4 Å². The summed E-state index contributed by atoms with van der Waals surface area (Å²) in [6.45, 7) is 0.489. The fraction of sp³-hybridized carbons (Fsp3) is 0.231. The first-order chi connectivity index (χ1) is 9.86. The summed E-state index contributed by atoms with van der Waals surface area (Å²) >= 11 is 0. The van der Waals surface area contributed by atoms with E-state index in [1.54, 1.807) is 27.6 Å². The van der Waals surface area contributed by atoms with E-state index in [1.807, 2.05) is 19.3 Å². The summed E-state index contributed by atoms with van der Waals surface area (Å²) in [5.74, 6) is 0.282. The third-order valence-electron chi connectivity index (χ3n) is 3.27. The molecule has 0 saturated heterocycles. The first-order valence-electron chi connectivity index (χ1n) is 6.28. The summed E-state index contributed by atoms with van der Waals surface area (Å²) in [6, 6.07) is 5.04. The Hall–Kier alpha value is -2.35. The SMILES string of the molecule is Cn1cc(Cn2c(N)nc3c(S(C)(=O)=O)cccc32)cn1. The zero-order valence-electron chi connectivity index (χ0n) is 11.7. The van der Waals surface area contributed by atoms with Gasteiger partial charge in [0.1, 0.15) is 5.52 Å². The second-order valence-corrected chi connectivity index (χ2v) is 6.96. The molecule has 2 aromatic heterocycles. The molecular weight excluding hydrogens is 290 g/mol. The molecule has 0 bridgehead atoms. The van der Waals surface area contributed by atoms with Crippen LogP contribution in [0.2, 0.25) is 0 Å². The fourth-order valence-electron chi connectivity index (χ4n) is 2.34. The highest BCUT2D eigenvalue weighted by molar-refractivity contribution is 7.91. The van der Waals surface area contributed by atoms with Gasteiger partial charge in [0, 0.05) is 25.1 Å². The maximum absolute atomic E-state index is 11.8. The van der Waals surface area contributed by atoms with Crippen LogP contribution in [0.5, 0.6) is 0 Å². The number of aryl methyl sites for hydroxylation is 1. The van der Waals surface area contributed by atoms with E-state index in [1.165, 1.54) is 0 Å². The number of fused-ring (bicyclic) bond motifs is 1. The van der Waals surface area contributed by atoms with E-state index in [2.05, 4.69) is 10.1 Å². The average Bonchev–Trinajstić information content (AvgIpc) is 2.93. The van der Waals surface area contributed by atoms with Crippen LogP contribution in [0.4, 0.5) is 5.95 Å². The summed E-state index contributed by atoms with van der Waals surface area (Å²) in [4.78, 5) is 4.41. The number of nitrogen functional groups attached to an aromatic ring is 1. The van der Waals surface area contributed by atoms with E-state index in [9.17, 15) is 8.42 Å². The maximum atomic E-state index is 11.8. The number of benzene rings is 1. The fourth-order valence-corrected chi connectivity index (χ4v) is 3.17. The molecule has 3 aromatic rings. The summed E-state index contributed by atoms with van der Waals surface area (Å²) < 4.78 is 27.1. The molecule has 2 N–H and O–H groups in total. The van der Waals surface area contributed by atoms with Crippen LogP contribution in [0, 0.1) is 0 Å². The van der Waals surface area contributed by atoms with Crippen molar-refractivity contribution in [2.45, 2.75) is 11.4 Å². The van der Waals surface area contributed by atoms with Gasteiger partial charge in [0.25, 0.3) is 0 Å². The number of hydrogen-bond donors (Lipinski definition) is 1. The van der Waals surface area contributed by atoms with Crippen LogP contribution in [0.1, 0.15) is 5.56 Å². The second kappa shape index (κ2) is 4.59. The molecule has 21 heavy (non-hydrogen) atoms. The van der Waals surface area contributed by atoms with Crippen LogP contribution >= 0.6 is 0 Å². The van der Waals surface area contributed by atoms with Crippen LogP contribution in [0.15, 0.2) is 35.5 Å². The van der Waals surface area contributed by atoms with Crippen molar-refractivity contribution < 1.29 is 8.42 Å². The molecule has 0 amide bonds. The minimum atomic E-state index is -3.35. The average molecular weight is 305 g/mol. The number of rotatable bonds is 3. The van der Waals surface area contributed by atoms with E-state index < -0.39 is 9.84 Å². The number of sulfone groups is 1. The minimum Gasteiger partial charge on any atom is -0.369 e. The van der Waals surface area contributed by atoms with Crippen molar-refractivity contribution >= 4 is 26.8 Å². The molecule has 0 aliphatic carbocycles. The van der Waals surface area contributed by atoms with Crippen molar-refractivity contribution in [3.8, 4) is 0 Å². The largest absolute Gasteiger partial charge is 0.369 e. The molecule has 0 radical (unpaired) electrons. The monoisotopic (exact) mass is 305 g/mol. The van der Waals surface area contributed by atoms with Crippen molar-refractivity contribution in [2.75, 3.05) is 12.0 Å². The van der Waals surface area contributed by atoms with Gasteiger partial charge >= 0.3 is 0 Å². The van der Waals surface area contributed by atoms with Crippen molar-refractivity contribution in [1.29, 1.82) is 0 Å². The molecule has 3 rings (SSSR count). The lowest BCUT2D eigenvalue weighted by Crippen LogP contribution is -2.04. The first kappa shape index (κ1) is 13.6. The Labute approximate surface area is 121 Å². The highest BCUT2D eigenvalue weighted by Gasteiger charge is 2.17. The third kappa shape index (κ3) is 2.38. The van der Waals surface area contributed by atoms with Crippen molar-refractivity contribution in [3.05, 3.63) is 36.2 Å². The Morgan fingerprint density at radius 1 is 1.33 bits per heavy atom. The third-order valence-corrected chi connectivity index (χ3v) is 4.40. The summed E-state index contributed by atoms with van der Waals surface area (Å²) in [5, 5.41) is 4.11. The predicted molar refractivity (Wildman–Crippen MR) is 79.6 cm³/mol. The quantitative estimate of drug-likeness (QED) is 0.772. The maximum Gasteiger partial charge on any atom is 0.201 e. The summed E-state index contributed by atoms with van der Waals surface area (Å²) in [5.41, 5.74) is 8.01. The molecule has 2 heterocycles. The van der Waals surface area contributed by atoms with E-state index >= 15 is 0 Å². The van der Waals surface area contributed by atoms with Gasteiger partial charge in [-0.25, -0.2) is 13.4 Å². The standard InChI is InChI=1S/C13H15N5O2S/c1-17-7-9(6-15-17)8-18-10-4-3-5-11(21(2,19)20)12(10)16-13(18)14/h3-7H,8H2,1-2H3,(H2,14,16). The number of anilines is 1. The van der Waals surface area contributed by atoms with Crippen molar-refractivity contribution in [1.82, 2.24) is 19.3 Å². The van der Waals surface area contributed by atoms with Crippen molar-refractivity contribution in [3.63, 3.8) is 0 Å². The molecule has 0 fully saturated rings. The number of para-hydroxylation sites is 1. The molecule has 8 heteroatoms. The van der Waals surface area contributed by atoms with Gasteiger partial charge in [0.15, 0.2) is 9.84 Å². The van der Waals surface area contributed by atoms with E-state index in [0.717, 1.165) is 11.8 Å². The molecule has 7 nitrogen and oxygen atoms in total. The van der Waals surface area contributed by atoms with Gasteiger partial charge in [-0.15, -0.1) is 0 Å². The van der Waals surface area contributed by atoms with Gasteiger partial charge < -0.3 is 10.3 Å². The minimum absolute atomic E-state index is 0.191. The highest BCUT2D eigenvalue weighted by atomic mass is 32.2. The van der Waals surface area contributed by atoms with Crippen LogP contribution < -0.4 is 5.73 Å². The highest BCUT2D eigenvalue weighted by Crippen LogP contribution is 2.25. The zero-order chi connectivity index (χ0) is 15.2. The van der Waals surface area contributed by atoms with Crippen LogP contribution in [-0.4, -0.2) is 34.0 Å². The first-order valence-corrected chi connectivity index (χ1v) is 8.17. The lowest BCUT2D eigenvalue weighted by Gasteiger charge is -2.05. The Morgan fingerprint density at radius 2 is 2.10 bits per heavy atom. The van der Waals surface area contributed by atoms with Gasteiger partial charge in [-0.1, -0.05) is 6.07 Å². The number of nitrogens with two attached hydrogens (primary N) is 1. The molecule has 1 aromatic carbocycles. The molecule has 0 saturated carbocycles. The molecule has 110 valence electrons.